The molecule has 2 unspecified atom stereocenters. The number of ketones is 2. The molecule has 0 aromatic heterocycles. The average molecular weight is 318 g/mol. The molecule has 3 aliphatic rings. The highest BCUT2D eigenvalue weighted by molar-refractivity contribution is 6.10. The minimum Gasteiger partial charge on any atom is -0.493 e. The Kier molecular flexibility index (Phi) is 3.79. The molecule has 0 saturated heterocycles. The molecule has 0 spiro atoms. The van der Waals surface area contributed by atoms with Crippen molar-refractivity contribution in [2.45, 2.75) is 46.1 Å². The van der Waals surface area contributed by atoms with Crippen molar-refractivity contribution in [1.29, 1.82) is 0 Å². The number of fused-ring (bicyclic) bond motifs is 3. The van der Waals surface area contributed by atoms with Gasteiger partial charge in [0.15, 0.2) is 11.5 Å². The monoisotopic (exact) mass is 318 g/mol. The summed E-state index contributed by atoms with van der Waals surface area (Å²) < 4.78 is 10.8. The van der Waals surface area contributed by atoms with Gasteiger partial charge in [-0.3, -0.25) is 9.59 Å². The summed E-state index contributed by atoms with van der Waals surface area (Å²) in [4.78, 5) is 25.7. The number of rotatable bonds is 2. The molecule has 0 bridgehead atoms. The van der Waals surface area contributed by atoms with Gasteiger partial charge in [0.2, 0.25) is 5.78 Å². The molecule has 0 heterocycles. The van der Waals surface area contributed by atoms with E-state index in [-0.39, 0.29) is 40.2 Å². The first-order valence-electron chi connectivity index (χ1n) is 8.35. The third-order valence-corrected chi connectivity index (χ3v) is 6.19. The standard InChI is InChI=1S/C19H26O4/c1-18(2)7-6-8-19(3)14(18)10-12(22-4)15-16(19)11(20)9-13(23-5)17(15)21/h9-10,12,15-16H,6-8H2,1-5H3/t12-,15?,16?,19+/m1/s1. The van der Waals surface area contributed by atoms with E-state index < -0.39 is 5.92 Å². The molecular weight excluding hydrogens is 292 g/mol. The molecule has 0 aliphatic heterocycles. The number of methoxy groups -OCH3 is 2. The molecule has 126 valence electrons. The zero-order chi connectivity index (χ0) is 17.0. The molecule has 4 heteroatoms. The largest absolute Gasteiger partial charge is 0.493 e. The smallest absolute Gasteiger partial charge is 0.204 e. The van der Waals surface area contributed by atoms with Gasteiger partial charge in [0.1, 0.15) is 0 Å². The van der Waals surface area contributed by atoms with Crippen LogP contribution in [0, 0.1) is 22.7 Å². The third kappa shape index (κ3) is 2.22. The second kappa shape index (κ2) is 5.30. The molecule has 3 rings (SSSR count). The predicted octanol–water partition coefficient (Wildman–Crippen LogP) is 3.07. The molecule has 0 N–H and O–H groups in total. The summed E-state index contributed by atoms with van der Waals surface area (Å²) in [7, 11) is 3.05. The fraction of sp³-hybridized carbons (Fsp3) is 0.684. The van der Waals surface area contributed by atoms with Crippen LogP contribution in [0.25, 0.3) is 0 Å². The summed E-state index contributed by atoms with van der Waals surface area (Å²) in [6, 6.07) is 0. The maximum atomic E-state index is 12.9. The van der Waals surface area contributed by atoms with Gasteiger partial charge in [-0.15, -0.1) is 0 Å². The first-order chi connectivity index (χ1) is 10.8. The van der Waals surface area contributed by atoms with E-state index in [1.54, 1.807) is 7.11 Å². The Morgan fingerprint density at radius 1 is 1.13 bits per heavy atom. The van der Waals surface area contributed by atoms with Crippen molar-refractivity contribution in [3.63, 3.8) is 0 Å². The predicted molar refractivity (Wildman–Crippen MR) is 86.7 cm³/mol. The molecule has 1 fully saturated rings. The maximum absolute atomic E-state index is 12.9. The van der Waals surface area contributed by atoms with Crippen LogP contribution in [-0.2, 0) is 19.1 Å². The van der Waals surface area contributed by atoms with E-state index in [1.807, 2.05) is 0 Å². The van der Waals surface area contributed by atoms with Crippen LogP contribution >= 0.6 is 0 Å². The van der Waals surface area contributed by atoms with Crippen molar-refractivity contribution in [2.24, 2.45) is 22.7 Å². The highest BCUT2D eigenvalue weighted by Gasteiger charge is 2.59. The summed E-state index contributed by atoms with van der Waals surface area (Å²) in [6.07, 6.45) is 6.26. The Labute approximate surface area is 137 Å². The number of Topliss-reactive ketones (excluding diaryl/α,β-unsaturated/α-hetero) is 1. The lowest BCUT2D eigenvalue weighted by molar-refractivity contribution is -0.143. The topological polar surface area (TPSA) is 52.6 Å². The molecule has 0 radical (unpaired) electrons. The van der Waals surface area contributed by atoms with Crippen LogP contribution in [0.2, 0.25) is 0 Å². The fourth-order valence-electron chi connectivity index (χ4n) is 5.15. The summed E-state index contributed by atoms with van der Waals surface area (Å²) in [5.41, 5.74) is 1.03. The van der Waals surface area contributed by atoms with Gasteiger partial charge in [0.05, 0.1) is 19.1 Å². The fourth-order valence-corrected chi connectivity index (χ4v) is 5.15. The average Bonchev–Trinajstić information content (AvgIpc) is 2.49. The Morgan fingerprint density at radius 2 is 1.83 bits per heavy atom. The van der Waals surface area contributed by atoms with E-state index in [9.17, 15) is 9.59 Å². The van der Waals surface area contributed by atoms with Gasteiger partial charge < -0.3 is 9.47 Å². The lowest BCUT2D eigenvalue weighted by Crippen LogP contribution is -2.56. The Bertz CT molecular complexity index is 613. The summed E-state index contributed by atoms with van der Waals surface area (Å²) >= 11 is 0. The van der Waals surface area contributed by atoms with Crippen LogP contribution in [0.15, 0.2) is 23.5 Å². The molecule has 4 atom stereocenters. The van der Waals surface area contributed by atoms with E-state index in [1.165, 1.54) is 18.8 Å². The molecule has 3 aliphatic carbocycles. The molecular formula is C19H26O4. The highest BCUT2D eigenvalue weighted by Crippen LogP contribution is 2.60. The Hall–Kier alpha value is -1.42. The Morgan fingerprint density at radius 3 is 2.43 bits per heavy atom. The van der Waals surface area contributed by atoms with E-state index in [0.717, 1.165) is 19.3 Å². The van der Waals surface area contributed by atoms with Gasteiger partial charge >= 0.3 is 0 Å². The molecule has 0 aromatic carbocycles. The van der Waals surface area contributed by atoms with Crippen molar-refractivity contribution < 1.29 is 19.1 Å². The van der Waals surface area contributed by atoms with Crippen LogP contribution in [0.3, 0.4) is 0 Å². The van der Waals surface area contributed by atoms with Crippen molar-refractivity contribution in [2.75, 3.05) is 14.2 Å². The van der Waals surface area contributed by atoms with Gasteiger partial charge in [0.25, 0.3) is 0 Å². The van der Waals surface area contributed by atoms with E-state index >= 15 is 0 Å². The first kappa shape index (κ1) is 16.4. The highest BCUT2D eigenvalue weighted by atomic mass is 16.5. The first-order valence-corrected chi connectivity index (χ1v) is 8.35. The summed E-state index contributed by atoms with van der Waals surface area (Å²) in [5.74, 6) is -0.773. The van der Waals surface area contributed by atoms with Crippen LogP contribution in [0.1, 0.15) is 40.0 Å². The Balaban J connectivity index is 2.18. The second-order valence-electron chi connectivity index (χ2n) is 7.92. The number of carbonyl (C=O) groups excluding carboxylic acids is 2. The molecule has 4 nitrogen and oxygen atoms in total. The van der Waals surface area contributed by atoms with Gasteiger partial charge in [-0.2, -0.15) is 0 Å². The zero-order valence-corrected chi connectivity index (χ0v) is 14.6. The molecule has 1 saturated carbocycles. The van der Waals surface area contributed by atoms with Crippen molar-refractivity contribution in [3.05, 3.63) is 23.5 Å². The van der Waals surface area contributed by atoms with E-state index in [4.69, 9.17) is 9.47 Å². The van der Waals surface area contributed by atoms with Gasteiger partial charge in [-0.05, 0) is 23.7 Å². The van der Waals surface area contributed by atoms with Crippen molar-refractivity contribution >= 4 is 11.6 Å². The molecule has 0 aromatic rings. The number of ether oxygens (including phenoxy) is 2. The van der Waals surface area contributed by atoms with E-state index in [0.29, 0.717) is 0 Å². The van der Waals surface area contributed by atoms with Gasteiger partial charge in [-0.25, -0.2) is 0 Å². The molecule has 0 amide bonds. The van der Waals surface area contributed by atoms with Crippen molar-refractivity contribution in [1.82, 2.24) is 0 Å². The van der Waals surface area contributed by atoms with Crippen LogP contribution in [0.5, 0.6) is 0 Å². The minimum absolute atomic E-state index is 0.000648. The minimum atomic E-state index is -0.477. The van der Waals surface area contributed by atoms with Gasteiger partial charge in [0, 0.05) is 19.1 Å². The number of allylic oxidation sites excluding steroid dienone is 3. The maximum Gasteiger partial charge on any atom is 0.204 e. The zero-order valence-electron chi connectivity index (χ0n) is 14.6. The number of carbonyl (C=O) groups is 2. The van der Waals surface area contributed by atoms with Crippen LogP contribution in [0.4, 0.5) is 0 Å². The quantitative estimate of drug-likeness (QED) is 0.734. The summed E-state index contributed by atoms with van der Waals surface area (Å²) in [6.45, 7) is 6.61. The van der Waals surface area contributed by atoms with Crippen LogP contribution in [-0.4, -0.2) is 31.9 Å². The lowest BCUT2D eigenvalue weighted by atomic mass is 9.48. The van der Waals surface area contributed by atoms with Crippen molar-refractivity contribution in [3.8, 4) is 0 Å². The second-order valence-corrected chi connectivity index (χ2v) is 7.92. The van der Waals surface area contributed by atoms with Crippen LogP contribution < -0.4 is 0 Å². The lowest BCUT2D eigenvalue weighted by Gasteiger charge is -2.55. The third-order valence-electron chi connectivity index (χ3n) is 6.19. The molecule has 23 heavy (non-hydrogen) atoms. The normalized spacial score (nSPS) is 39.1. The SMILES string of the molecule is COC1=CC(=O)C2C(C1=O)[C@H](OC)C=C1C(C)(C)CCC[C@@]12C. The number of hydrogen-bond acceptors (Lipinski definition) is 4. The summed E-state index contributed by atoms with van der Waals surface area (Å²) in [5, 5.41) is 0. The van der Waals surface area contributed by atoms with E-state index in [2.05, 4.69) is 26.8 Å². The van der Waals surface area contributed by atoms with Gasteiger partial charge in [-0.1, -0.05) is 38.8 Å². The number of hydrogen-bond donors (Lipinski definition) is 0.